The lowest BCUT2D eigenvalue weighted by Gasteiger charge is -2.38. The SMILES string of the molecule is O=c1cc(-c2ccc(O)cc2)oc2c([C@H]3OC[C@@H](O)[C@@H](O)[C@@H]3O)c(O)c([C@@H]3OC[C@@H](O)[C@@H](O)[C@H]3O)c(O)c12. The molecule has 0 aliphatic carbocycles. The lowest BCUT2D eigenvalue weighted by atomic mass is 9.87. The van der Waals surface area contributed by atoms with Gasteiger partial charge in [-0.15, -0.1) is 0 Å². The van der Waals surface area contributed by atoms with Gasteiger partial charge in [-0.3, -0.25) is 4.79 Å². The summed E-state index contributed by atoms with van der Waals surface area (Å²) in [6.45, 7) is -0.966. The Kier molecular flexibility index (Phi) is 6.79. The zero-order valence-electron chi connectivity index (χ0n) is 19.6. The van der Waals surface area contributed by atoms with E-state index in [1.807, 2.05) is 0 Å². The van der Waals surface area contributed by atoms with Crippen LogP contribution in [0.1, 0.15) is 23.3 Å². The van der Waals surface area contributed by atoms with Gasteiger partial charge in [-0.1, -0.05) is 0 Å². The van der Waals surface area contributed by atoms with Crippen molar-refractivity contribution in [1.82, 2.24) is 0 Å². The summed E-state index contributed by atoms with van der Waals surface area (Å²) in [6, 6.07) is 6.60. The van der Waals surface area contributed by atoms with E-state index in [4.69, 9.17) is 13.9 Å². The number of hydrogen-bond donors (Lipinski definition) is 9. The Bertz CT molecular complexity index is 1400. The van der Waals surface area contributed by atoms with Crippen LogP contribution in [0, 0.1) is 0 Å². The highest BCUT2D eigenvalue weighted by Gasteiger charge is 2.46. The molecule has 0 bridgehead atoms. The fourth-order valence-corrected chi connectivity index (χ4v) is 4.83. The summed E-state index contributed by atoms with van der Waals surface area (Å²) >= 11 is 0. The zero-order valence-corrected chi connectivity index (χ0v) is 19.6. The lowest BCUT2D eigenvalue weighted by Crippen LogP contribution is -2.49. The molecular weight excluding hydrogens is 508 g/mol. The van der Waals surface area contributed by atoms with E-state index in [-0.39, 0.29) is 11.5 Å². The third-order valence-corrected chi connectivity index (χ3v) is 6.92. The van der Waals surface area contributed by atoms with Crippen LogP contribution in [0.3, 0.4) is 0 Å². The predicted molar refractivity (Wildman–Crippen MR) is 126 cm³/mol. The average molecular weight is 534 g/mol. The topological polar surface area (TPSA) is 231 Å². The largest absolute Gasteiger partial charge is 0.508 e. The number of fused-ring (bicyclic) bond motifs is 1. The molecule has 0 radical (unpaired) electrons. The Balaban J connectivity index is 1.80. The van der Waals surface area contributed by atoms with Crippen LogP contribution in [-0.4, -0.2) is 95.8 Å². The number of hydrogen-bond acceptors (Lipinski definition) is 13. The molecule has 0 saturated carbocycles. The Labute approximate surface area is 213 Å². The van der Waals surface area contributed by atoms with E-state index >= 15 is 0 Å². The fraction of sp³-hybridized carbons (Fsp3) is 0.400. The molecule has 5 rings (SSSR count). The number of benzene rings is 2. The average Bonchev–Trinajstić information content (AvgIpc) is 2.88. The maximum Gasteiger partial charge on any atom is 0.197 e. The van der Waals surface area contributed by atoms with E-state index in [1.54, 1.807) is 0 Å². The van der Waals surface area contributed by atoms with E-state index in [2.05, 4.69) is 0 Å². The molecule has 2 aliphatic heterocycles. The summed E-state index contributed by atoms with van der Waals surface area (Å²) in [5.74, 6) is -1.80. The van der Waals surface area contributed by atoms with Crippen molar-refractivity contribution < 1.29 is 59.8 Å². The third kappa shape index (κ3) is 4.19. The summed E-state index contributed by atoms with van der Waals surface area (Å²) in [5, 5.41) is 93.1. The molecule has 3 heterocycles. The molecule has 2 saturated heterocycles. The molecule has 0 unspecified atom stereocenters. The number of phenols is 3. The molecule has 3 aromatic rings. The van der Waals surface area contributed by atoms with Crippen molar-refractivity contribution >= 4 is 11.0 Å². The quantitative estimate of drug-likeness (QED) is 0.194. The van der Waals surface area contributed by atoms with Gasteiger partial charge < -0.3 is 59.8 Å². The van der Waals surface area contributed by atoms with Gasteiger partial charge in [-0.05, 0) is 24.3 Å². The number of aliphatic hydroxyl groups excluding tert-OH is 6. The minimum atomic E-state index is -1.85. The number of phenolic OH excluding ortho intramolecular Hbond substituents is 3. The minimum absolute atomic E-state index is 0.0475. The van der Waals surface area contributed by atoms with Crippen LogP contribution < -0.4 is 5.43 Å². The molecule has 0 amide bonds. The smallest absolute Gasteiger partial charge is 0.197 e. The van der Waals surface area contributed by atoms with Gasteiger partial charge in [-0.2, -0.15) is 0 Å². The Morgan fingerprint density at radius 3 is 1.76 bits per heavy atom. The van der Waals surface area contributed by atoms with E-state index < -0.39 is 101 Å². The van der Waals surface area contributed by atoms with Crippen molar-refractivity contribution in [2.75, 3.05) is 13.2 Å². The third-order valence-electron chi connectivity index (χ3n) is 6.92. The summed E-state index contributed by atoms with van der Waals surface area (Å²) in [4.78, 5) is 13.3. The molecule has 13 nitrogen and oxygen atoms in total. The first kappa shape index (κ1) is 26.3. The van der Waals surface area contributed by atoms with Gasteiger partial charge >= 0.3 is 0 Å². The van der Waals surface area contributed by atoms with Gasteiger partial charge in [0.05, 0.1) is 24.3 Å². The monoisotopic (exact) mass is 534 g/mol. The van der Waals surface area contributed by atoms with Gasteiger partial charge in [0.1, 0.15) is 77.2 Å². The molecule has 2 fully saturated rings. The van der Waals surface area contributed by atoms with Gasteiger partial charge in [-0.25, -0.2) is 0 Å². The van der Waals surface area contributed by atoms with Crippen molar-refractivity contribution in [2.45, 2.75) is 48.8 Å². The number of aliphatic hydroxyl groups is 6. The Morgan fingerprint density at radius 1 is 0.684 bits per heavy atom. The molecule has 8 atom stereocenters. The minimum Gasteiger partial charge on any atom is -0.508 e. The zero-order chi connectivity index (χ0) is 27.5. The molecule has 9 N–H and O–H groups in total. The first-order chi connectivity index (χ1) is 18.0. The normalized spacial score (nSPS) is 31.9. The second-order valence-electron chi connectivity index (χ2n) is 9.36. The fourth-order valence-electron chi connectivity index (χ4n) is 4.83. The standard InChI is InChI=1S/C25H26O13/c26-9-3-1-8(2-4-9)13-5-10(27)14-19(32)15(24-21(34)17(30)11(28)6-36-24)20(33)16(23(14)38-13)25-22(35)18(31)12(29)7-37-25/h1-5,11-12,17-18,21-22,24-26,28-35H,6-7H2/t11-,12-,17-,18-,21-,22+,24+,25-/m1/s1. The Morgan fingerprint density at radius 2 is 1.21 bits per heavy atom. The highest BCUT2D eigenvalue weighted by atomic mass is 16.5. The molecule has 204 valence electrons. The summed E-state index contributed by atoms with van der Waals surface area (Å²) in [5.41, 5.74) is -1.86. The number of aromatic hydroxyl groups is 3. The van der Waals surface area contributed by atoms with Crippen molar-refractivity contribution in [2.24, 2.45) is 0 Å². The Hall–Kier alpha value is -3.27. The van der Waals surface area contributed by atoms with Gasteiger partial charge in [0.25, 0.3) is 0 Å². The summed E-state index contributed by atoms with van der Waals surface area (Å²) < 4.78 is 16.8. The molecule has 2 aliphatic rings. The maximum atomic E-state index is 13.3. The number of ether oxygens (including phenoxy) is 2. The molecule has 0 spiro atoms. The van der Waals surface area contributed by atoms with Crippen molar-refractivity contribution in [3.8, 4) is 28.6 Å². The van der Waals surface area contributed by atoms with Crippen molar-refractivity contribution in [3.05, 3.63) is 51.7 Å². The molecule has 13 heteroatoms. The van der Waals surface area contributed by atoms with Crippen LogP contribution in [0.5, 0.6) is 17.2 Å². The second-order valence-corrected chi connectivity index (χ2v) is 9.36. The van der Waals surface area contributed by atoms with E-state index in [0.29, 0.717) is 5.56 Å². The highest BCUT2D eigenvalue weighted by molar-refractivity contribution is 5.91. The van der Waals surface area contributed by atoms with Crippen LogP contribution in [0.4, 0.5) is 0 Å². The van der Waals surface area contributed by atoms with E-state index in [1.165, 1.54) is 24.3 Å². The second kappa shape index (κ2) is 9.80. The number of rotatable bonds is 3. The van der Waals surface area contributed by atoms with Crippen LogP contribution in [0.15, 0.2) is 39.5 Å². The molecule has 2 aromatic carbocycles. The van der Waals surface area contributed by atoms with Crippen LogP contribution >= 0.6 is 0 Å². The summed E-state index contributed by atoms with van der Waals surface area (Å²) in [7, 11) is 0. The van der Waals surface area contributed by atoms with Crippen molar-refractivity contribution in [3.63, 3.8) is 0 Å². The first-order valence-electron chi connectivity index (χ1n) is 11.7. The predicted octanol–water partition coefficient (Wildman–Crippen LogP) is -1.12. The molecule has 1 aromatic heterocycles. The lowest BCUT2D eigenvalue weighted by molar-refractivity contribution is -0.191. The maximum absolute atomic E-state index is 13.3. The van der Waals surface area contributed by atoms with Crippen molar-refractivity contribution in [1.29, 1.82) is 0 Å². The highest BCUT2D eigenvalue weighted by Crippen LogP contribution is 2.50. The first-order valence-corrected chi connectivity index (χ1v) is 11.7. The van der Waals surface area contributed by atoms with Gasteiger partial charge in [0.15, 0.2) is 11.0 Å². The van der Waals surface area contributed by atoms with Crippen LogP contribution in [0.25, 0.3) is 22.3 Å². The van der Waals surface area contributed by atoms with E-state index in [9.17, 15) is 50.8 Å². The van der Waals surface area contributed by atoms with Crippen LogP contribution in [0.2, 0.25) is 0 Å². The summed E-state index contributed by atoms with van der Waals surface area (Å²) in [6.07, 6.45) is -13.3. The molecular formula is C25H26O13. The van der Waals surface area contributed by atoms with Gasteiger partial charge in [0.2, 0.25) is 0 Å². The van der Waals surface area contributed by atoms with E-state index in [0.717, 1.165) is 6.07 Å². The molecule has 38 heavy (non-hydrogen) atoms. The van der Waals surface area contributed by atoms with Crippen LogP contribution in [-0.2, 0) is 9.47 Å². The van der Waals surface area contributed by atoms with Gasteiger partial charge in [0, 0.05) is 11.6 Å².